The third-order valence-electron chi connectivity index (χ3n) is 2.34. The topological polar surface area (TPSA) is 30.7 Å². The Bertz CT molecular complexity index is 579. The van der Waals surface area contributed by atoms with E-state index in [0.29, 0.717) is 0 Å². The molecule has 3 heteroatoms. The summed E-state index contributed by atoms with van der Waals surface area (Å²) in [6.45, 7) is 0. The van der Waals surface area contributed by atoms with E-state index in [4.69, 9.17) is 0 Å². The summed E-state index contributed by atoms with van der Waals surface area (Å²) in [7, 11) is 0. The van der Waals surface area contributed by atoms with Crippen molar-refractivity contribution in [1.82, 2.24) is 14.5 Å². The van der Waals surface area contributed by atoms with Crippen molar-refractivity contribution in [3.05, 3.63) is 55.2 Å². The quantitative estimate of drug-likeness (QED) is 0.594. The summed E-state index contributed by atoms with van der Waals surface area (Å²) >= 11 is 0. The fraction of sp³-hybridized carbons (Fsp3) is 0. The number of nitrogens with zero attached hydrogens (tertiary/aromatic N) is 3. The molecule has 71 valence electrons. The molecule has 0 amide bonds. The standard InChI is InChI=1S/C12H8N3/c1-3-10-4-2-6-14-12(10)11(5-1)15-8-7-13-9-15/h1-6,8-9H. The van der Waals surface area contributed by atoms with E-state index in [1.165, 1.54) is 0 Å². The highest BCUT2D eigenvalue weighted by Gasteiger charge is 2.02. The molecule has 3 rings (SSSR count). The van der Waals surface area contributed by atoms with Crippen LogP contribution in [0.5, 0.6) is 0 Å². The van der Waals surface area contributed by atoms with Gasteiger partial charge in [-0.25, -0.2) is 4.98 Å². The Morgan fingerprint density at radius 3 is 2.93 bits per heavy atom. The molecule has 2 aromatic heterocycles. The van der Waals surface area contributed by atoms with Gasteiger partial charge in [0.15, 0.2) is 0 Å². The molecule has 3 aromatic rings. The van der Waals surface area contributed by atoms with E-state index in [2.05, 4.69) is 16.2 Å². The predicted octanol–water partition coefficient (Wildman–Crippen LogP) is 2.22. The molecular weight excluding hydrogens is 186 g/mol. The maximum Gasteiger partial charge on any atom is 0.109 e. The van der Waals surface area contributed by atoms with Crippen molar-refractivity contribution in [2.24, 2.45) is 0 Å². The van der Waals surface area contributed by atoms with Crippen LogP contribution in [0.1, 0.15) is 0 Å². The van der Waals surface area contributed by atoms with E-state index >= 15 is 0 Å². The lowest BCUT2D eigenvalue weighted by Crippen LogP contribution is -1.92. The summed E-state index contributed by atoms with van der Waals surface area (Å²) in [6, 6.07) is 10.1. The van der Waals surface area contributed by atoms with Crippen molar-refractivity contribution in [3.63, 3.8) is 0 Å². The number of hydrogen-bond acceptors (Lipinski definition) is 2. The van der Waals surface area contributed by atoms with Gasteiger partial charge in [0.25, 0.3) is 0 Å². The van der Waals surface area contributed by atoms with E-state index in [9.17, 15) is 0 Å². The van der Waals surface area contributed by atoms with Crippen molar-refractivity contribution < 1.29 is 0 Å². The normalized spacial score (nSPS) is 10.7. The molecule has 1 aromatic carbocycles. The second-order valence-corrected chi connectivity index (χ2v) is 3.26. The van der Waals surface area contributed by atoms with E-state index in [0.717, 1.165) is 16.6 Å². The lowest BCUT2D eigenvalue weighted by molar-refractivity contribution is 1.06. The smallest absolute Gasteiger partial charge is 0.109 e. The van der Waals surface area contributed by atoms with E-state index in [1.54, 1.807) is 18.7 Å². The molecule has 0 atom stereocenters. The molecule has 0 unspecified atom stereocenters. The van der Waals surface area contributed by atoms with Gasteiger partial charge in [-0.05, 0) is 12.1 Å². The van der Waals surface area contributed by atoms with Gasteiger partial charge < -0.3 is 4.57 Å². The molecule has 1 radical (unpaired) electrons. The lowest BCUT2D eigenvalue weighted by Gasteiger charge is -2.05. The zero-order valence-electron chi connectivity index (χ0n) is 7.96. The number of hydrogen-bond donors (Lipinski definition) is 0. The first-order chi connectivity index (χ1) is 7.45. The summed E-state index contributed by atoms with van der Waals surface area (Å²) in [4.78, 5) is 8.29. The van der Waals surface area contributed by atoms with Gasteiger partial charge in [0.2, 0.25) is 0 Å². The summed E-state index contributed by atoms with van der Waals surface area (Å²) < 4.78 is 1.91. The van der Waals surface area contributed by atoms with Crippen LogP contribution >= 0.6 is 0 Å². The molecule has 0 spiro atoms. The van der Waals surface area contributed by atoms with Gasteiger partial charge >= 0.3 is 0 Å². The summed E-state index contributed by atoms with van der Waals surface area (Å²) in [5.74, 6) is 0. The molecule has 0 aliphatic rings. The Morgan fingerprint density at radius 2 is 2.07 bits per heavy atom. The maximum absolute atomic E-state index is 4.37. The molecule has 0 bridgehead atoms. The van der Waals surface area contributed by atoms with Crippen LogP contribution in [-0.4, -0.2) is 14.5 Å². The van der Waals surface area contributed by atoms with Gasteiger partial charge in [-0.3, -0.25) is 4.98 Å². The minimum Gasteiger partial charge on any atom is -0.303 e. The highest BCUT2D eigenvalue weighted by atomic mass is 15.0. The predicted molar refractivity (Wildman–Crippen MR) is 57.7 cm³/mol. The molecular formula is C12H8N3. The number of pyridine rings is 1. The highest BCUT2D eigenvalue weighted by molar-refractivity contribution is 5.86. The zero-order valence-corrected chi connectivity index (χ0v) is 7.96. The Balaban J connectivity index is 2.36. The minimum atomic E-state index is 0.978. The van der Waals surface area contributed by atoms with Gasteiger partial charge in [-0.15, -0.1) is 0 Å². The SMILES string of the molecule is [c]1cn(-c2cccc3cccnc23)cn1. The Kier molecular flexibility index (Phi) is 1.75. The van der Waals surface area contributed by atoms with Crippen LogP contribution in [0.3, 0.4) is 0 Å². The number of rotatable bonds is 1. The average molecular weight is 194 g/mol. The Labute approximate surface area is 87.0 Å². The van der Waals surface area contributed by atoms with Crippen molar-refractivity contribution in [2.45, 2.75) is 0 Å². The van der Waals surface area contributed by atoms with Crippen LogP contribution in [-0.2, 0) is 0 Å². The number of fused-ring (bicyclic) bond motifs is 1. The molecule has 0 aliphatic carbocycles. The van der Waals surface area contributed by atoms with Gasteiger partial charge in [-0.1, -0.05) is 18.2 Å². The fourth-order valence-corrected chi connectivity index (χ4v) is 1.65. The van der Waals surface area contributed by atoms with Gasteiger partial charge in [0.05, 0.1) is 11.2 Å². The van der Waals surface area contributed by atoms with E-state index in [1.807, 2.05) is 34.9 Å². The first-order valence-corrected chi connectivity index (χ1v) is 4.69. The van der Waals surface area contributed by atoms with Gasteiger partial charge in [-0.2, -0.15) is 0 Å². The van der Waals surface area contributed by atoms with Crippen LogP contribution in [0.2, 0.25) is 0 Å². The first kappa shape index (κ1) is 8.17. The van der Waals surface area contributed by atoms with Crippen molar-refractivity contribution >= 4 is 10.9 Å². The van der Waals surface area contributed by atoms with Crippen molar-refractivity contribution in [3.8, 4) is 5.69 Å². The molecule has 15 heavy (non-hydrogen) atoms. The number of benzene rings is 1. The largest absolute Gasteiger partial charge is 0.303 e. The van der Waals surface area contributed by atoms with E-state index < -0.39 is 0 Å². The average Bonchev–Trinajstić information content (AvgIpc) is 2.82. The van der Waals surface area contributed by atoms with Crippen LogP contribution in [0.15, 0.2) is 49.1 Å². The van der Waals surface area contributed by atoms with Crippen LogP contribution in [0, 0.1) is 6.20 Å². The molecule has 0 N–H and O–H groups in total. The third-order valence-corrected chi connectivity index (χ3v) is 2.34. The lowest BCUT2D eigenvalue weighted by atomic mass is 10.2. The fourth-order valence-electron chi connectivity index (χ4n) is 1.65. The Morgan fingerprint density at radius 1 is 1.13 bits per heavy atom. The summed E-state index contributed by atoms with van der Waals surface area (Å²) in [6.07, 6.45) is 8.10. The summed E-state index contributed by atoms with van der Waals surface area (Å²) in [5, 5.41) is 1.13. The van der Waals surface area contributed by atoms with Crippen molar-refractivity contribution in [2.75, 3.05) is 0 Å². The van der Waals surface area contributed by atoms with Gasteiger partial charge in [0, 0.05) is 17.8 Å². The maximum atomic E-state index is 4.37. The van der Waals surface area contributed by atoms with Crippen LogP contribution in [0.25, 0.3) is 16.6 Å². The molecule has 0 fully saturated rings. The molecule has 0 saturated carbocycles. The second kappa shape index (κ2) is 3.20. The van der Waals surface area contributed by atoms with Crippen LogP contribution in [0.4, 0.5) is 0 Å². The van der Waals surface area contributed by atoms with E-state index in [-0.39, 0.29) is 0 Å². The number of aromatic nitrogens is 3. The first-order valence-electron chi connectivity index (χ1n) is 4.69. The number of para-hydroxylation sites is 1. The third kappa shape index (κ3) is 1.29. The second-order valence-electron chi connectivity index (χ2n) is 3.26. The monoisotopic (exact) mass is 194 g/mol. The minimum absolute atomic E-state index is 0.978. The highest BCUT2D eigenvalue weighted by Crippen LogP contribution is 2.18. The van der Waals surface area contributed by atoms with Crippen molar-refractivity contribution in [1.29, 1.82) is 0 Å². The molecule has 3 nitrogen and oxygen atoms in total. The molecule has 0 aliphatic heterocycles. The van der Waals surface area contributed by atoms with Crippen LogP contribution < -0.4 is 0 Å². The van der Waals surface area contributed by atoms with Gasteiger partial charge in [0.1, 0.15) is 12.5 Å². The number of imidazole rings is 1. The zero-order chi connectivity index (χ0) is 10.1. The summed E-state index contributed by atoms with van der Waals surface area (Å²) in [5.41, 5.74) is 2.01. The molecule has 0 saturated heterocycles. The molecule has 2 heterocycles. The Hall–Kier alpha value is -2.16.